The molecule has 0 spiro atoms. The first kappa shape index (κ1) is 23.3. The van der Waals surface area contributed by atoms with Crippen LogP contribution in [0.3, 0.4) is 0 Å². The summed E-state index contributed by atoms with van der Waals surface area (Å²) >= 11 is 6.49. The molecule has 4 rings (SSSR count). The van der Waals surface area contributed by atoms with Crippen LogP contribution in [0.15, 0.2) is 72.8 Å². The minimum atomic E-state index is -3.00. The van der Waals surface area contributed by atoms with Gasteiger partial charge in [0.15, 0.2) is 0 Å². The number of hydrogen-bond acceptors (Lipinski definition) is 4. The van der Waals surface area contributed by atoms with E-state index in [2.05, 4.69) is 15.2 Å². The lowest BCUT2D eigenvalue weighted by molar-refractivity contribution is -0.0494. The third kappa shape index (κ3) is 4.87. The Balaban J connectivity index is 1.66. The Morgan fingerprint density at radius 3 is 2.41 bits per heavy atom. The van der Waals surface area contributed by atoms with Crippen LogP contribution in [0.5, 0.6) is 11.5 Å². The molecule has 174 valence electrons. The maximum atomic E-state index is 13.1. The number of methoxy groups -OCH3 is 1. The maximum Gasteiger partial charge on any atom is 0.387 e. The Morgan fingerprint density at radius 1 is 1.06 bits per heavy atom. The van der Waals surface area contributed by atoms with Crippen LogP contribution >= 0.6 is 11.6 Å². The molecule has 0 bridgehead atoms. The number of anilines is 1. The smallest absolute Gasteiger partial charge is 0.387 e. The van der Waals surface area contributed by atoms with Crippen molar-refractivity contribution in [3.05, 3.63) is 89.2 Å². The van der Waals surface area contributed by atoms with Crippen molar-refractivity contribution in [3.63, 3.8) is 0 Å². The molecule has 34 heavy (non-hydrogen) atoms. The maximum absolute atomic E-state index is 13.1. The fraction of sp³-hybridized carbons (Fsp3) is 0.120. The van der Waals surface area contributed by atoms with Gasteiger partial charge in [-0.25, -0.2) is 4.68 Å². The number of alkyl halides is 2. The Labute approximate surface area is 199 Å². The zero-order valence-corrected chi connectivity index (χ0v) is 19.0. The van der Waals surface area contributed by atoms with Crippen LogP contribution < -0.4 is 14.8 Å². The molecule has 6 nitrogen and oxygen atoms in total. The number of para-hydroxylation sites is 1. The highest BCUT2D eigenvalue weighted by Gasteiger charge is 2.22. The van der Waals surface area contributed by atoms with Crippen LogP contribution in [-0.2, 0) is 0 Å². The van der Waals surface area contributed by atoms with Crippen molar-refractivity contribution in [1.29, 1.82) is 0 Å². The highest BCUT2D eigenvalue weighted by Crippen LogP contribution is 2.35. The summed E-state index contributed by atoms with van der Waals surface area (Å²) in [5.41, 5.74) is 2.73. The van der Waals surface area contributed by atoms with Crippen molar-refractivity contribution in [3.8, 4) is 28.3 Å². The molecule has 0 saturated carbocycles. The van der Waals surface area contributed by atoms with Crippen LogP contribution in [0.4, 0.5) is 14.5 Å². The molecular formula is C25H20ClF2N3O3. The highest BCUT2D eigenvalue weighted by atomic mass is 35.5. The molecule has 3 aromatic carbocycles. The van der Waals surface area contributed by atoms with Crippen molar-refractivity contribution in [2.75, 3.05) is 12.4 Å². The van der Waals surface area contributed by atoms with Gasteiger partial charge in [-0.05, 0) is 55.0 Å². The van der Waals surface area contributed by atoms with Gasteiger partial charge in [0.05, 0.1) is 18.5 Å². The van der Waals surface area contributed by atoms with Crippen LogP contribution in [0, 0.1) is 6.92 Å². The normalized spacial score (nSPS) is 10.9. The van der Waals surface area contributed by atoms with Gasteiger partial charge in [-0.1, -0.05) is 41.9 Å². The summed E-state index contributed by atoms with van der Waals surface area (Å²) in [6, 6.07) is 20.4. The van der Waals surface area contributed by atoms with E-state index >= 15 is 0 Å². The van der Waals surface area contributed by atoms with E-state index < -0.39 is 12.5 Å². The molecule has 0 fully saturated rings. The zero-order chi connectivity index (χ0) is 24.2. The van der Waals surface area contributed by atoms with Gasteiger partial charge in [-0.15, -0.1) is 0 Å². The standard InChI is InChI=1S/C25H20ClF2N3O3/c1-15-22(23(26)31(30-15)18-6-4-3-5-7-18)24(32)29-17-10-13-21(34-25(27)28)20(14-17)16-8-11-19(33-2)12-9-16/h3-14,25H,1-2H3,(H,29,32). The second-order valence-electron chi connectivity index (χ2n) is 7.27. The van der Waals surface area contributed by atoms with Gasteiger partial charge in [0.1, 0.15) is 22.2 Å². The van der Waals surface area contributed by atoms with E-state index in [0.717, 1.165) is 0 Å². The molecule has 0 radical (unpaired) electrons. The summed E-state index contributed by atoms with van der Waals surface area (Å²) < 4.78 is 37.2. The summed E-state index contributed by atoms with van der Waals surface area (Å²) in [4.78, 5) is 13.1. The molecule has 0 aliphatic rings. The second kappa shape index (κ2) is 9.93. The number of carbonyl (C=O) groups excluding carboxylic acids is 1. The molecular weight excluding hydrogens is 464 g/mol. The lowest BCUT2D eigenvalue weighted by Crippen LogP contribution is -2.13. The number of aryl methyl sites for hydroxylation is 1. The first-order chi connectivity index (χ1) is 16.4. The number of amides is 1. The summed E-state index contributed by atoms with van der Waals surface area (Å²) in [6.45, 7) is -1.31. The van der Waals surface area contributed by atoms with Crippen molar-refractivity contribution in [2.24, 2.45) is 0 Å². The van der Waals surface area contributed by atoms with E-state index in [4.69, 9.17) is 16.3 Å². The van der Waals surface area contributed by atoms with Gasteiger partial charge in [-0.3, -0.25) is 4.79 Å². The van der Waals surface area contributed by atoms with E-state index in [-0.39, 0.29) is 16.5 Å². The van der Waals surface area contributed by atoms with Gasteiger partial charge in [0.25, 0.3) is 5.91 Å². The molecule has 9 heteroatoms. The molecule has 0 atom stereocenters. The number of halogens is 3. The van der Waals surface area contributed by atoms with Crippen molar-refractivity contribution in [1.82, 2.24) is 9.78 Å². The van der Waals surface area contributed by atoms with E-state index in [1.165, 1.54) is 23.9 Å². The largest absolute Gasteiger partial charge is 0.497 e. The van der Waals surface area contributed by atoms with E-state index in [9.17, 15) is 13.6 Å². The molecule has 0 aliphatic carbocycles. The Kier molecular flexibility index (Phi) is 6.79. The zero-order valence-electron chi connectivity index (χ0n) is 18.3. The third-order valence-electron chi connectivity index (χ3n) is 5.09. The minimum Gasteiger partial charge on any atom is -0.497 e. The lowest BCUT2D eigenvalue weighted by atomic mass is 10.0. The molecule has 1 amide bonds. The van der Waals surface area contributed by atoms with Crippen LogP contribution in [0.1, 0.15) is 16.1 Å². The lowest BCUT2D eigenvalue weighted by Gasteiger charge is -2.14. The van der Waals surface area contributed by atoms with Gasteiger partial charge in [0.2, 0.25) is 0 Å². The monoisotopic (exact) mass is 483 g/mol. The van der Waals surface area contributed by atoms with Crippen molar-refractivity contribution < 1.29 is 23.0 Å². The Bertz CT molecular complexity index is 1310. The molecule has 0 unspecified atom stereocenters. The third-order valence-corrected chi connectivity index (χ3v) is 5.44. The number of benzene rings is 3. The first-order valence-corrected chi connectivity index (χ1v) is 10.6. The van der Waals surface area contributed by atoms with Crippen molar-refractivity contribution >= 4 is 23.2 Å². The molecule has 1 heterocycles. The fourth-order valence-electron chi connectivity index (χ4n) is 3.49. The topological polar surface area (TPSA) is 65.4 Å². The van der Waals surface area contributed by atoms with Gasteiger partial charge >= 0.3 is 6.61 Å². The molecule has 1 aromatic heterocycles. The van der Waals surface area contributed by atoms with Crippen molar-refractivity contribution in [2.45, 2.75) is 13.5 Å². The van der Waals surface area contributed by atoms with Gasteiger partial charge < -0.3 is 14.8 Å². The summed E-state index contributed by atoms with van der Waals surface area (Å²) in [5.74, 6) is 0.113. The number of nitrogens with one attached hydrogen (secondary N) is 1. The van der Waals surface area contributed by atoms with E-state index in [1.54, 1.807) is 37.3 Å². The predicted octanol–water partition coefficient (Wildman–Crippen LogP) is 6.36. The molecule has 1 N–H and O–H groups in total. The van der Waals surface area contributed by atoms with Gasteiger partial charge in [-0.2, -0.15) is 13.9 Å². The average molecular weight is 484 g/mol. The number of nitrogens with zero attached hydrogens (tertiary/aromatic N) is 2. The summed E-state index contributed by atoms with van der Waals surface area (Å²) in [6.07, 6.45) is 0. The molecule has 0 aliphatic heterocycles. The number of rotatable bonds is 7. The Hall–Kier alpha value is -3.91. The quantitative estimate of drug-likeness (QED) is 0.332. The van der Waals surface area contributed by atoms with E-state index in [1.807, 2.05) is 30.3 Å². The fourth-order valence-corrected chi connectivity index (χ4v) is 3.85. The van der Waals surface area contributed by atoms with E-state index in [0.29, 0.717) is 33.9 Å². The number of ether oxygens (including phenoxy) is 2. The summed E-state index contributed by atoms with van der Waals surface area (Å²) in [7, 11) is 1.53. The first-order valence-electron chi connectivity index (χ1n) is 10.2. The SMILES string of the molecule is COc1ccc(-c2cc(NC(=O)c3c(C)nn(-c4ccccc4)c3Cl)ccc2OC(F)F)cc1. The minimum absolute atomic E-state index is 0.0238. The number of aromatic nitrogens is 2. The predicted molar refractivity (Wildman–Crippen MR) is 126 cm³/mol. The summed E-state index contributed by atoms with van der Waals surface area (Å²) in [5, 5.41) is 7.31. The second-order valence-corrected chi connectivity index (χ2v) is 7.63. The number of hydrogen-bond donors (Lipinski definition) is 1. The highest BCUT2D eigenvalue weighted by molar-refractivity contribution is 6.34. The van der Waals surface area contributed by atoms with Gasteiger partial charge in [0, 0.05) is 11.3 Å². The Morgan fingerprint density at radius 2 is 1.76 bits per heavy atom. The average Bonchev–Trinajstić information content (AvgIpc) is 3.14. The molecule has 0 saturated heterocycles. The van der Waals surface area contributed by atoms with Crippen LogP contribution in [-0.4, -0.2) is 29.4 Å². The number of carbonyl (C=O) groups is 1. The van der Waals surface area contributed by atoms with Crippen LogP contribution in [0.2, 0.25) is 5.15 Å². The molecule has 4 aromatic rings. The van der Waals surface area contributed by atoms with Crippen LogP contribution in [0.25, 0.3) is 16.8 Å².